The lowest BCUT2D eigenvalue weighted by Crippen LogP contribution is -2.12. The molecule has 0 saturated heterocycles. The van der Waals surface area contributed by atoms with E-state index in [4.69, 9.17) is 0 Å². The molecular formula is C19H16N4O. The molecular weight excluding hydrogens is 300 g/mol. The maximum absolute atomic E-state index is 12.1. The summed E-state index contributed by atoms with van der Waals surface area (Å²) in [4.78, 5) is 19.0. The zero-order chi connectivity index (χ0) is 16.7. The molecule has 118 valence electrons. The molecule has 5 heteroatoms. The second-order valence-corrected chi connectivity index (χ2v) is 5.87. The fourth-order valence-electron chi connectivity index (χ4n) is 2.93. The lowest BCUT2D eigenvalue weighted by atomic mass is 10.0. The van der Waals surface area contributed by atoms with Gasteiger partial charge in [0.1, 0.15) is 0 Å². The van der Waals surface area contributed by atoms with Gasteiger partial charge in [0, 0.05) is 16.5 Å². The van der Waals surface area contributed by atoms with Crippen molar-refractivity contribution in [2.24, 2.45) is 0 Å². The number of nitrogens with zero attached hydrogens (tertiary/aromatic N) is 2. The van der Waals surface area contributed by atoms with E-state index in [0.29, 0.717) is 5.69 Å². The number of aromatic amines is 2. The van der Waals surface area contributed by atoms with Crippen LogP contribution >= 0.6 is 0 Å². The maximum Gasteiger partial charge on any atom is 0.345 e. The number of benzene rings is 2. The van der Waals surface area contributed by atoms with E-state index in [1.807, 2.05) is 62.4 Å². The Morgan fingerprint density at radius 3 is 2.67 bits per heavy atom. The standard InChI is InChI=1S/C19H16N4O/c1-11-5-3-4-6-14(11)18-10-17(20-19(24)21-18)13-7-8-16-15(9-13)12(2)22-23-16/h3-10H,1-2H3,(H,22,23)(H,20,21,24). The van der Waals surface area contributed by atoms with Crippen LogP contribution in [0.2, 0.25) is 0 Å². The number of fused-ring (bicyclic) bond motifs is 1. The Morgan fingerprint density at radius 2 is 1.83 bits per heavy atom. The van der Waals surface area contributed by atoms with Crippen LogP contribution in [-0.4, -0.2) is 20.2 Å². The zero-order valence-electron chi connectivity index (χ0n) is 13.4. The molecule has 0 spiro atoms. The Morgan fingerprint density at radius 1 is 1.00 bits per heavy atom. The summed E-state index contributed by atoms with van der Waals surface area (Å²) in [6.45, 7) is 3.97. The Labute approximate surface area is 138 Å². The molecule has 5 nitrogen and oxygen atoms in total. The van der Waals surface area contributed by atoms with Crippen molar-refractivity contribution in [1.29, 1.82) is 0 Å². The van der Waals surface area contributed by atoms with Crippen molar-refractivity contribution in [3.8, 4) is 22.5 Å². The predicted octanol–water partition coefficient (Wildman–Crippen LogP) is 3.60. The van der Waals surface area contributed by atoms with Crippen LogP contribution in [0.1, 0.15) is 11.3 Å². The fourth-order valence-corrected chi connectivity index (χ4v) is 2.93. The molecule has 2 aromatic heterocycles. The summed E-state index contributed by atoms with van der Waals surface area (Å²) in [6.07, 6.45) is 0. The van der Waals surface area contributed by atoms with Gasteiger partial charge >= 0.3 is 5.69 Å². The van der Waals surface area contributed by atoms with E-state index in [1.54, 1.807) is 0 Å². The van der Waals surface area contributed by atoms with Gasteiger partial charge in [-0.15, -0.1) is 0 Å². The van der Waals surface area contributed by atoms with E-state index >= 15 is 0 Å². The topological polar surface area (TPSA) is 74.4 Å². The Bertz CT molecular complexity index is 1110. The van der Waals surface area contributed by atoms with E-state index < -0.39 is 0 Å². The summed E-state index contributed by atoms with van der Waals surface area (Å²) in [5.74, 6) is 0. The Hall–Kier alpha value is -3.21. The summed E-state index contributed by atoms with van der Waals surface area (Å²) in [5, 5.41) is 8.23. The first kappa shape index (κ1) is 14.4. The monoisotopic (exact) mass is 316 g/mol. The minimum atomic E-state index is -0.352. The highest BCUT2D eigenvalue weighted by Gasteiger charge is 2.09. The van der Waals surface area contributed by atoms with E-state index in [2.05, 4.69) is 20.2 Å². The molecule has 0 fully saturated rings. The van der Waals surface area contributed by atoms with E-state index in [1.165, 1.54) is 0 Å². The Balaban J connectivity index is 1.90. The minimum Gasteiger partial charge on any atom is -0.305 e. The van der Waals surface area contributed by atoms with E-state index in [0.717, 1.165) is 39.0 Å². The van der Waals surface area contributed by atoms with Gasteiger partial charge in [-0.1, -0.05) is 30.3 Å². The second-order valence-electron chi connectivity index (χ2n) is 5.87. The van der Waals surface area contributed by atoms with Crippen molar-refractivity contribution in [2.75, 3.05) is 0 Å². The summed E-state index contributed by atoms with van der Waals surface area (Å²) in [5.41, 5.74) is 5.97. The predicted molar refractivity (Wildman–Crippen MR) is 94.9 cm³/mol. The highest BCUT2D eigenvalue weighted by atomic mass is 16.1. The third-order valence-corrected chi connectivity index (χ3v) is 4.23. The van der Waals surface area contributed by atoms with Crippen molar-refractivity contribution in [1.82, 2.24) is 20.2 Å². The van der Waals surface area contributed by atoms with Gasteiger partial charge in [-0.2, -0.15) is 10.1 Å². The molecule has 0 radical (unpaired) electrons. The normalized spacial score (nSPS) is 11.1. The number of rotatable bonds is 2. The van der Waals surface area contributed by atoms with Crippen LogP contribution in [0.15, 0.2) is 53.3 Å². The van der Waals surface area contributed by atoms with Gasteiger partial charge in [0.15, 0.2) is 0 Å². The van der Waals surface area contributed by atoms with Gasteiger partial charge in [-0.3, -0.25) is 5.10 Å². The van der Waals surface area contributed by atoms with Gasteiger partial charge in [-0.05, 0) is 37.6 Å². The quantitative estimate of drug-likeness (QED) is 0.593. The molecule has 2 aromatic carbocycles. The highest BCUT2D eigenvalue weighted by molar-refractivity contribution is 5.86. The van der Waals surface area contributed by atoms with Crippen LogP contribution in [0.5, 0.6) is 0 Å². The first-order valence-electron chi connectivity index (χ1n) is 7.74. The molecule has 0 aliphatic rings. The van der Waals surface area contributed by atoms with E-state index in [9.17, 15) is 4.79 Å². The first-order valence-corrected chi connectivity index (χ1v) is 7.74. The van der Waals surface area contributed by atoms with Crippen LogP contribution < -0.4 is 5.69 Å². The van der Waals surface area contributed by atoms with Crippen molar-refractivity contribution < 1.29 is 0 Å². The largest absolute Gasteiger partial charge is 0.345 e. The molecule has 24 heavy (non-hydrogen) atoms. The molecule has 0 bridgehead atoms. The highest BCUT2D eigenvalue weighted by Crippen LogP contribution is 2.26. The minimum absolute atomic E-state index is 0.352. The molecule has 0 unspecified atom stereocenters. The summed E-state index contributed by atoms with van der Waals surface area (Å²) >= 11 is 0. The fraction of sp³-hybridized carbons (Fsp3) is 0.105. The van der Waals surface area contributed by atoms with E-state index in [-0.39, 0.29) is 5.69 Å². The number of nitrogens with one attached hydrogen (secondary N) is 2. The van der Waals surface area contributed by atoms with Crippen LogP contribution in [0.3, 0.4) is 0 Å². The van der Waals surface area contributed by atoms with Gasteiger partial charge in [-0.25, -0.2) is 4.79 Å². The molecule has 4 rings (SSSR count). The van der Waals surface area contributed by atoms with Crippen LogP contribution in [-0.2, 0) is 0 Å². The summed E-state index contributed by atoms with van der Waals surface area (Å²) < 4.78 is 0. The number of aryl methyl sites for hydroxylation is 2. The van der Waals surface area contributed by atoms with Crippen LogP contribution in [0, 0.1) is 13.8 Å². The number of aromatic nitrogens is 4. The smallest absolute Gasteiger partial charge is 0.305 e. The number of hydrogen-bond donors (Lipinski definition) is 2. The van der Waals surface area contributed by atoms with Gasteiger partial charge in [0.05, 0.1) is 22.6 Å². The first-order chi connectivity index (χ1) is 11.6. The van der Waals surface area contributed by atoms with Gasteiger partial charge in [0.2, 0.25) is 0 Å². The lowest BCUT2D eigenvalue weighted by Gasteiger charge is -2.07. The third kappa shape index (κ3) is 2.40. The molecule has 0 aliphatic carbocycles. The number of H-pyrrole nitrogens is 2. The Kier molecular flexibility index (Phi) is 3.27. The molecule has 0 atom stereocenters. The van der Waals surface area contributed by atoms with Crippen molar-refractivity contribution in [2.45, 2.75) is 13.8 Å². The average Bonchev–Trinajstić information content (AvgIpc) is 2.95. The third-order valence-electron chi connectivity index (χ3n) is 4.23. The molecule has 0 saturated carbocycles. The van der Waals surface area contributed by atoms with Crippen LogP contribution in [0.25, 0.3) is 33.4 Å². The molecule has 4 aromatic rings. The molecule has 0 amide bonds. The van der Waals surface area contributed by atoms with Crippen molar-refractivity contribution in [3.05, 3.63) is 70.3 Å². The zero-order valence-corrected chi connectivity index (χ0v) is 13.4. The average molecular weight is 316 g/mol. The number of hydrogen-bond acceptors (Lipinski definition) is 3. The maximum atomic E-state index is 12.1. The summed E-state index contributed by atoms with van der Waals surface area (Å²) in [6, 6.07) is 15.8. The van der Waals surface area contributed by atoms with Crippen molar-refractivity contribution >= 4 is 10.9 Å². The van der Waals surface area contributed by atoms with Crippen molar-refractivity contribution in [3.63, 3.8) is 0 Å². The molecule has 2 N–H and O–H groups in total. The molecule has 0 aliphatic heterocycles. The van der Waals surface area contributed by atoms with Gasteiger partial charge in [0.25, 0.3) is 0 Å². The van der Waals surface area contributed by atoms with Gasteiger partial charge < -0.3 is 4.98 Å². The summed E-state index contributed by atoms with van der Waals surface area (Å²) in [7, 11) is 0. The second kappa shape index (κ2) is 5.45. The SMILES string of the molecule is Cc1ccccc1-c1cc(-c2ccc3[nH]nc(C)c3c2)nc(=O)[nH]1. The molecule has 2 heterocycles. The lowest BCUT2D eigenvalue weighted by molar-refractivity contribution is 1.07. The van der Waals surface area contributed by atoms with Crippen LogP contribution in [0.4, 0.5) is 0 Å².